The number of esters is 1. The fraction of sp³-hybridized carbons (Fsp3) is 0.467. The SMILES string of the molecule is COC(=O)c1cccc(S(=O)(=O)NC(=O)CC[C@@H]2CCCO2)c1. The first-order valence-electron chi connectivity index (χ1n) is 7.28. The molecule has 23 heavy (non-hydrogen) atoms. The topological polar surface area (TPSA) is 98.8 Å². The normalized spacial score (nSPS) is 17.7. The van der Waals surface area contributed by atoms with Gasteiger partial charge in [-0.1, -0.05) is 6.07 Å². The number of ether oxygens (including phenoxy) is 2. The highest BCUT2D eigenvalue weighted by Crippen LogP contribution is 2.17. The van der Waals surface area contributed by atoms with Crippen LogP contribution in [0.4, 0.5) is 0 Å². The number of carbonyl (C=O) groups excluding carboxylic acids is 2. The molecule has 2 rings (SSSR count). The first-order valence-corrected chi connectivity index (χ1v) is 8.76. The standard InChI is InChI=1S/C15H19NO6S/c1-21-15(18)11-4-2-6-13(10-11)23(19,20)16-14(17)8-7-12-5-3-9-22-12/h2,4,6,10,12H,3,5,7-9H2,1H3,(H,16,17)/t12-/m0/s1. The number of carbonyl (C=O) groups is 2. The van der Waals surface area contributed by atoms with E-state index in [4.69, 9.17) is 4.74 Å². The lowest BCUT2D eigenvalue weighted by Gasteiger charge is -2.10. The van der Waals surface area contributed by atoms with Crippen LogP contribution in [0.1, 0.15) is 36.0 Å². The molecule has 0 bridgehead atoms. The smallest absolute Gasteiger partial charge is 0.337 e. The summed E-state index contributed by atoms with van der Waals surface area (Å²) in [5.74, 6) is -1.24. The maximum absolute atomic E-state index is 12.2. The Morgan fingerprint density at radius 1 is 1.39 bits per heavy atom. The fourth-order valence-electron chi connectivity index (χ4n) is 2.33. The largest absolute Gasteiger partial charge is 0.465 e. The summed E-state index contributed by atoms with van der Waals surface area (Å²) in [6, 6.07) is 5.32. The minimum Gasteiger partial charge on any atom is -0.465 e. The van der Waals surface area contributed by atoms with Gasteiger partial charge in [-0.25, -0.2) is 17.9 Å². The molecule has 1 fully saturated rings. The molecule has 0 radical (unpaired) electrons. The van der Waals surface area contributed by atoms with Gasteiger partial charge < -0.3 is 9.47 Å². The summed E-state index contributed by atoms with van der Waals surface area (Å²) in [5, 5.41) is 0. The monoisotopic (exact) mass is 341 g/mol. The summed E-state index contributed by atoms with van der Waals surface area (Å²) in [7, 11) is -2.81. The van der Waals surface area contributed by atoms with Crippen LogP contribution in [0.3, 0.4) is 0 Å². The molecule has 7 nitrogen and oxygen atoms in total. The molecule has 1 amide bonds. The van der Waals surface area contributed by atoms with Crippen LogP contribution in [0.15, 0.2) is 29.2 Å². The Morgan fingerprint density at radius 2 is 2.17 bits per heavy atom. The number of methoxy groups -OCH3 is 1. The minimum atomic E-state index is -4.02. The predicted octanol–water partition coefficient (Wildman–Crippen LogP) is 1.24. The van der Waals surface area contributed by atoms with Gasteiger partial charge >= 0.3 is 5.97 Å². The molecule has 1 aliphatic rings. The van der Waals surface area contributed by atoms with Crippen LogP contribution in [0.25, 0.3) is 0 Å². The Hall–Kier alpha value is -1.93. The number of nitrogens with one attached hydrogen (secondary N) is 1. The molecular formula is C15H19NO6S. The molecule has 0 spiro atoms. The van der Waals surface area contributed by atoms with Crippen molar-refractivity contribution in [2.45, 2.75) is 36.7 Å². The zero-order valence-electron chi connectivity index (χ0n) is 12.8. The molecular weight excluding hydrogens is 322 g/mol. The van der Waals surface area contributed by atoms with Crippen molar-refractivity contribution in [3.63, 3.8) is 0 Å². The van der Waals surface area contributed by atoms with E-state index in [1.54, 1.807) is 0 Å². The van der Waals surface area contributed by atoms with Gasteiger partial charge in [0.25, 0.3) is 10.0 Å². The van der Waals surface area contributed by atoms with Crippen LogP contribution >= 0.6 is 0 Å². The third-order valence-corrected chi connectivity index (χ3v) is 4.90. The second-order valence-corrected chi connectivity index (χ2v) is 6.90. The number of rotatable bonds is 6. The Balaban J connectivity index is 2.00. The van der Waals surface area contributed by atoms with Gasteiger partial charge in [0.05, 0.1) is 23.7 Å². The van der Waals surface area contributed by atoms with Crippen molar-refractivity contribution in [2.24, 2.45) is 0 Å². The number of hydrogen-bond donors (Lipinski definition) is 1. The average molecular weight is 341 g/mol. The van der Waals surface area contributed by atoms with E-state index in [1.165, 1.54) is 31.4 Å². The van der Waals surface area contributed by atoms with E-state index >= 15 is 0 Å². The van der Waals surface area contributed by atoms with Crippen molar-refractivity contribution >= 4 is 21.9 Å². The molecule has 1 aromatic rings. The van der Waals surface area contributed by atoms with Gasteiger partial charge in [0.15, 0.2) is 0 Å². The molecule has 1 aliphatic heterocycles. The number of benzene rings is 1. The molecule has 8 heteroatoms. The van der Waals surface area contributed by atoms with Gasteiger partial charge in [-0.15, -0.1) is 0 Å². The zero-order chi connectivity index (χ0) is 16.9. The van der Waals surface area contributed by atoms with Gasteiger partial charge in [0.1, 0.15) is 0 Å². The Kier molecular flexibility index (Phi) is 5.73. The first kappa shape index (κ1) is 17.4. The van der Waals surface area contributed by atoms with Crippen molar-refractivity contribution in [1.29, 1.82) is 0 Å². The van der Waals surface area contributed by atoms with E-state index in [2.05, 4.69) is 4.74 Å². The summed E-state index contributed by atoms with van der Waals surface area (Å²) in [6.07, 6.45) is 2.43. The van der Waals surface area contributed by atoms with E-state index in [9.17, 15) is 18.0 Å². The van der Waals surface area contributed by atoms with Crippen LogP contribution in [0.2, 0.25) is 0 Å². The number of amides is 1. The van der Waals surface area contributed by atoms with Crippen LogP contribution in [-0.4, -0.2) is 40.1 Å². The molecule has 1 N–H and O–H groups in total. The van der Waals surface area contributed by atoms with Crippen LogP contribution in [0, 0.1) is 0 Å². The van der Waals surface area contributed by atoms with E-state index in [1.807, 2.05) is 4.72 Å². The summed E-state index contributed by atoms with van der Waals surface area (Å²) < 4.78 is 36.3. The van der Waals surface area contributed by atoms with E-state index in [0.717, 1.165) is 12.8 Å². The molecule has 0 aliphatic carbocycles. The predicted molar refractivity (Wildman–Crippen MR) is 81.3 cm³/mol. The lowest BCUT2D eigenvalue weighted by atomic mass is 10.1. The second kappa shape index (κ2) is 7.56. The Morgan fingerprint density at radius 3 is 2.83 bits per heavy atom. The van der Waals surface area contributed by atoms with Crippen molar-refractivity contribution in [1.82, 2.24) is 4.72 Å². The van der Waals surface area contributed by atoms with Crippen molar-refractivity contribution in [3.8, 4) is 0 Å². The highest BCUT2D eigenvalue weighted by molar-refractivity contribution is 7.90. The molecule has 1 aromatic carbocycles. The quantitative estimate of drug-likeness (QED) is 0.782. The Labute approximate surface area is 135 Å². The third kappa shape index (κ3) is 4.77. The molecule has 1 atom stereocenters. The number of sulfonamides is 1. The highest BCUT2D eigenvalue weighted by Gasteiger charge is 2.21. The molecule has 0 unspecified atom stereocenters. The summed E-state index contributed by atoms with van der Waals surface area (Å²) >= 11 is 0. The third-order valence-electron chi connectivity index (χ3n) is 3.53. The summed E-state index contributed by atoms with van der Waals surface area (Å²) in [4.78, 5) is 23.1. The van der Waals surface area contributed by atoms with Crippen molar-refractivity contribution in [2.75, 3.05) is 13.7 Å². The van der Waals surface area contributed by atoms with Crippen molar-refractivity contribution < 1.29 is 27.5 Å². The lowest BCUT2D eigenvalue weighted by Crippen LogP contribution is -2.31. The number of hydrogen-bond acceptors (Lipinski definition) is 6. The van der Waals surface area contributed by atoms with Gasteiger partial charge in [0.2, 0.25) is 5.91 Å². The van der Waals surface area contributed by atoms with Crippen LogP contribution in [0.5, 0.6) is 0 Å². The minimum absolute atomic E-state index is 0.0195. The van der Waals surface area contributed by atoms with Gasteiger partial charge in [-0.05, 0) is 37.5 Å². The van der Waals surface area contributed by atoms with Gasteiger partial charge in [-0.2, -0.15) is 0 Å². The molecule has 126 valence electrons. The molecule has 1 saturated heterocycles. The first-order chi connectivity index (χ1) is 10.9. The lowest BCUT2D eigenvalue weighted by molar-refractivity contribution is -0.119. The summed E-state index contributed by atoms with van der Waals surface area (Å²) in [5.41, 5.74) is 0.0992. The van der Waals surface area contributed by atoms with E-state index < -0.39 is 21.9 Å². The van der Waals surface area contributed by atoms with Crippen LogP contribution in [-0.2, 0) is 24.3 Å². The fourth-order valence-corrected chi connectivity index (χ4v) is 3.39. The van der Waals surface area contributed by atoms with Crippen LogP contribution < -0.4 is 4.72 Å². The second-order valence-electron chi connectivity index (χ2n) is 5.22. The van der Waals surface area contributed by atoms with Gasteiger partial charge in [-0.3, -0.25) is 4.79 Å². The Bertz CT molecular complexity index is 679. The van der Waals surface area contributed by atoms with Crippen molar-refractivity contribution in [3.05, 3.63) is 29.8 Å². The van der Waals surface area contributed by atoms with Gasteiger partial charge in [0, 0.05) is 13.0 Å². The maximum atomic E-state index is 12.2. The average Bonchev–Trinajstić information content (AvgIpc) is 3.05. The molecule has 1 heterocycles. The maximum Gasteiger partial charge on any atom is 0.337 e. The highest BCUT2D eigenvalue weighted by atomic mass is 32.2. The van der Waals surface area contributed by atoms with E-state index in [0.29, 0.717) is 13.0 Å². The summed E-state index contributed by atoms with van der Waals surface area (Å²) in [6.45, 7) is 0.685. The van der Waals surface area contributed by atoms with E-state index in [-0.39, 0.29) is 23.0 Å². The molecule has 0 saturated carbocycles. The molecule has 0 aromatic heterocycles. The zero-order valence-corrected chi connectivity index (χ0v) is 13.6.